The van der Waals surface area contributed by atoms with Gasteiger partial charge in [0, 0.05) is 6.42 Å². The van der Waals surface area contributed by atoms with Crippen LogP contribution in [0.2, 0.25) is 0 Å². The fraction of sp³-hybridized carbons (Fsp3) is 0.857. The lowest BCUT2D eigenvalue weighted by Crippen LogP contribution is -2.46. The highest BCUT2D eigenvalue weighted by Gasteiger charge is 2.43. The molecule has 0 unspecified atom stereocenters. The van der Waals surface area contributed by atoms with Crippen molar-refractivity contribution in [3.63, 3.8) is 0 Å². The monoisotopic (exact) mass is 287 g/mol. The summed E-state index contributed by atoms with van der Waals surface area (Å²) in [6.07, 6.45) is 0.736. The Kier molecular flexibility index (Phi) is 5.02. The van der Waals surface area contributed by atoms with E-state index in [2.05, 4.69) is 0 Å². The molecule has 1 saturated heterocycles. The van der Waals surface area contributed by atoms with E-state index in [-0.39, 0.29) is 12.5 Å². The summed E-state index contributed by atoms with van der Waals surface area (Å²) >= 11 is 0. The van der Waals surface area contributed by atoms with Gasteiger partial charge in [-0.2, -0.15) is 0 Å². The second-order valence-corrected chi connectivity index (χ2v) is 6.56. The third kappa shape index (κ3) is 5.00. The largest absolute Gasteiger partial charge is 0.481 e. The summed E-state index contributed by atoms with van der Waals surface area (Å²) in [6.45, 7) is 9.52. The zero-order chi connectivity index (χ0) is 15.6. The van der Waals surface area contributed by atoms with Gasteiger partial charge in [-0.1, -0.05) is 0 Å². The molecule has 1 fully saturated rings. The SMILES string of the molecule is CC(C)(C)OC(=O)N1C[C@@H](CCCC(=O)O)OC1(C)C. The molecule has 6 heteroatoms. The lowest BCUT2D eigenvalue weighted by Gasteiger charge is -2.31. The third-order valence-electron chi connectivity index (χ3n) is 3.02. The van der Waals surface area contributed by atoms with E-state index in [9.17, 15) is 9.59 Å². The zero-order valence-corrected chi connectivity index (χ0v) is 12.9. The minimum absolute atomic E-state index is 0.118. The third-order valence-corrected chi connectivity index (χ3v) is 3.02. The minimum atomic E-state index is -0.814. The van der Waals surface area contributed by atoms with Crippen molar-refractivity contribution in [2.24, 2.45) is 0 Å². The Labute approximate surface area is 120 Å². The number of ether oxygens (including phenoxy) is 2. The van der Waals surface area contributed by atoms with Gasteiger partial charge in [0.2, 0.25) is 0 Å². The van der Waals surface area contributed by atoms with Crippen LogP contribution in [-0.4, -0.2) is 46.0 Å². The van der Waals surface area contributed by atoms with Crippen LogP contribution in [0.25, 0.3) is 0 Å². The molecule has 0 saturated carbocycles. The Morgan fingerprint density at radius 2 is 2.00 bits per heavy atom. The summed E-state index contributed by atoms with van der Waals surface area (Å²) in [7, 11) is 0. The number of carbonyl (C=O) groups is 2. The van der Waals surface area contributed by atoms with Crippen molar-refractivity contribution in [3.05, 3.63) is 0 Å². The topological polar surface area (TPSA) is 76.1 Å². The van der Waals surface area contributed by atoms with Gasteiger partial charge < -0.3 is 14.6 Å². The van der Waals surface area contributed by atoms with E-state index in [1.54, 1.807) is 4.90 Å². The summed E-state index contributed by atoms with van der Waals surface area (Å²) < 4.78 is 11.2. The average molecular weight is 287 g/mol. The Bertz CT molecular complexity index is 372. The normalized spacial score (nSPS) is 21.9. The first-order valence-electron chi connectivity index (χ1n) is 6.91. The van der Waals surface area contributed by atoms with Crippen LogP contribution in [0.1, 0.15) is 53.9 Å². The van der Waals surface area contributed by atoms with Crippen LogP contribution in [0.3, 0.4) is 0 Å². The molecule has 1 aliphatic rings. The smallest absolute Gasteiger partial charge is 0.412 e. The maximum Gasteiger partial charge on any atom is 0.412 e. The number of carboxylic acids is 1. The summed E-state index contributed by atoms with van der Waals surface area (Å²) in [5.74, 6) is -0.814. The van der Waals surface area contributed by atoms with Crippen molar-refractivity contribution in [1.82, 2.24) is 4.90 Å². The van der Waals surface area contributed by atoms with Gasteiger partial charge in [-0.25, -0.2) is 4.79 Å². The molecular formula is C14H25NO5. The number of carbonyl (C=O) groups excluding carboxylic acids is 1. The zero-order valence-electron chi connectivity index (χ0n) is 12.9. The first-order valence-corrected chi connectivity index (χ1v) is 6.91. The molecule has 0 aromatic heterocycles. The maximum atomic E-state index is 12.1. The molecule has 1 aliphatic heterocycles. The summed E-state index contributed by atoms with van der Waals surface area (Å²) in [5.41, 5.74) is -1.27. The predicted octanol–water partition coefficient (Wildman–Crippen LogP) is 2.61. The van der Waals surface area contributed by atoms with Gasteiger partial charge in [-0.3, -0.25) is 9.69 Å². The van der Waals surface area contributed by atoms with Crippen LogP contribution in [-0.2, 0) is 14.3 Å². The highest BCUT2D eigenvalue weighted by molar-refractivity contribution is 5.69. The van der Waals surface area contributed by atoms with E-state index < -0.39 is 23.4 Å². The lowest BCUT2D eigenvalue weighted by atomic mass is 10.1. The van der Waals surface area contributed by atoms with Gasteiger partial charge >= 0.3 is 12.1 Å². The van der Waals surface area contributed by atoms with Crippen molar-refractivity contribution in [2.45, 2.75) is 71.3 Å². The molecule has 1 heterocycles. The molecular weight excluding hydrogens is 262 g/mol. The van der Waals surface area contributed by atoms with Gasteiger partial charge in [0.25, 0.3) is 0 Å². The van der Waals surface area contributed by atoms with Crippen molar-refractivity contribution in [2.75, 3.05) is 6.54 Å². The quantitative estimate of drug-likeness (QED) is 0.860. The van der Waals surface area contributed by atoms with E-state index in [1.165, 1.54) is 0 Å². The summed E-state index contributed by atoms with van der Waals surface area (Å²) in [4.78, 5) is 24.2. The number of aliphatic carboxylic acids is 1. The molecule has 0 spiro atoms. The predicted molar refractivity (Wildman–Crippen MR) is 73.4 cm³/mol. The molecule has 0 bridgehead atoms. The number of rotatable bonds is 4. The van der Waals surface area contributed by atoms with E-state index >= 15 is 0 Å². The van der Waals surface area contributed by atoms with Crippen LogP contribution >= 0.6 is 0 Å². The van der Waals surface area contributed by atoms with Gasteiger partial charge in [0.05, 0.1) is 12.6 Å². The lowest BCUT2D eigenvalue weighted by molar-refractivity contribution is -0.137. The van der Waals surface area contributed by atoms with Gasteiger partial charge in [0.1, 0.15) is 11.3 Å². The Morgan fingerprint density at radius 1 is 1.40 bits per heavy atom. The summed E-state index contributed by atoms with van der Waals surface area (Å²) in [5, 5.41) is 8.63. The van der Waals surface area contributed by atoms with E-state index in [0.717, 1.165) is 0 Å². The Balaban J connectivity index is 2.56. The van der Waals surface area contributed by atoms with Crippen LogP contribution in [0, 0.1) is 0 Å². The maximum absolute atomic E-state index is 12.1. The van der Waals surface area contributed by atoms with Crippen molar-refractivity contribution in [1.29, 1.82) is 0 Å². The molecule has 1 rings (SSSR count). The van der Waals surface area contributed by atoms with Gasteiger partial charge in [0.15, 0.2) is 0 Å². The standard InChI is InChI=1S/C14H25NO5/c1-13(2,3)20-12(18)15-9-10(19-14(15,4)5)7-6-8-11(16)17/h10H,6-9H2,1-5H3,(H,16,17)/t10-/m1/s1. The number of nitrogens with zero attached hydrogens (tertiary/aromatic N) is 1. The molecule has 0 aromatic rings. The molecule has 116 valence electrons. The number of hydrogen-bond acceptors (Lipinski definition) is 4. The van der Waals surface area contributed by atoms with Gasteiger partial charge in [-0.15, -0.1) is 0 Å². The van der Waals surface area contributed by atoms with Crippen molar-refractivity contribution < 1.29 is 24.2 Å². The van der Waals surface area contributed by atoms with Gasteiger partial charge in [-0.05, 0) is 47.5 Å². The van der Waals surface area contributed by atoms with Crippen LogP contribution < -0.4 is 0 Å². The fourth-order valence-corrected chi connectivity index (χ4v) is 2.17. The second kappa shape index (κ2) is 5.99. The first-order chi connectivity index (χ1) is 9.01. The molecule has 0 aliphatic carbocycles. The molecule has 0 radical (unpaired) electrons. The fourth-order valence-electron chi connectivity index (χ4n) is 2.17. The minimum Gasteiger partial charge on any atom is -0.481 e. The Hall–Kier alpha value is -1.30. The molecule has 1 amide bonds. The van der Waals surface area contributed by atoms with Crippen LogP contribution in [0.4, 0.5) is 4.79 Å². The van der Waals surface area contributed by atoms with E-state index in [0.29, 0.717) is 19.4 Å². The highest BCUT2D eigenvalue weighted by atomic mass is 16.6. The van der Waals surface area contributed by atoms with E-state index in [4.69, 9.17) is 14.6 Å². The number of carboxylic acid groups (broad SMARTS) is 1. The number of amides is 1. The highest BCUT2D eigenvalue weighted by Crippen LogP contribution is 2.30. The van der Waals surface area contributed by atoms with Crippen molar-refractivity contribution >= 4 is 12.1 Å². The molecule has 0 aromatic carbocycles. The average Bonchev–Trinajstić information content (AvgIpc) is 2.50. The van der Waals surface area contributed by atoms with Crippen LogP contribution in [0.15, 0.2) is 0 Å². The molecule has 1 N–H and O–H groups in total. The molecule has 6 nitrogen and oxygen atoms in total. The molecule has 20 heavy (non-hydrogen) atoms. The number of hydrogen-bond donors (Lipinski definition) is 1. The van der Waals surface area contributed by atoms with Crippen molar-refractivity contribution in [3.8, 4) is 0 Å². The second-order valence-electron chi connectivity index (χ2n) is 6.56. The Morgan fingerprint density at radius 3 is 2.50 bits per heavy atom. The van der Waals surface area contributed by atoms with Crippen LogP contribution in [0.5, 0.6) is 0 Å². The first kappa shape index (κ1) is 16.8. The van der Waals surface area contributed by atoms with E-state index in [1.807, 2.05) is 34.6 Å². The summed E-state index contributed by atoms with van der Waals surface area (Å²) in [6, 6.07) is 0. The molecule has 1 atom stereocenters.